The summed E-state index contributed by atoms with van der Waals surface area (Å²) >= 11 is 5.71. The van der Waals surface area contributed by atoms with E-state index in [0.29, 0.717) is 5.69 Å². The molecule has 0 saturated carbocycles. The van der Waals surface area contributed by atoms with Crippen molar-refractivity contribution in [1.29, 1.82) is 0 Å². The molecule has 0 bridgehead atoms. The molecular weight excluding hydrogens is 282 g/mol. The summed E-state index contributed by atoms with van der Waals surface area (Å²) in [7, 11) is 0. The first-order valence-corrected chi connectivity index (χ1v) is 6.50. The second-order valence-electron chi connectivity index (χ2n) is 4.70. The summed E-state index contributed by atoms with van der Waals surface area (Å²) in [6.07, 6.45) is 0. The van der Waals surface area contributed by atoms with Crippen LogP contribution in [0.2, 0.25) is 5.02 Å². The molecule has 7 heteroatoms. The smallest absolute Gasteiger partial charge is 0.243 e. The van der Waals surface area contributed by atoms with E-state index in [0.717, 1.165) is 0 Å². The lowest BCUT2D eigenvalue weighted by Crippen LogP contribution is -2.46. The number of anilines is 1. The summed E-state index contributed by atoms with van der Waals surface area (Å²) in [5.74, 6) is -0.857. The zero-order valence-electron chi connectivity index (χ0n) is 11.3. The number of benzene rings is 1. The minimum Gasteiger partial charge on any atom is -0.506 e. The van der Waals surface area contributed by atoms with Gasteiger partial charge in [-0.05, 0) is 24.1 Å². The number of carbonyl (C=O) groups is 2. The molecule has 0 radical (unpaired) electrons. The van der Waals surface area contributed by atoms with Gasteiger partial charge in [-0.3, -0.25) is 9.59 Å². The van der Waals surface area contributed by atoms with Gasteiger partial charge < -0.3 is 21.5 Å². The predicted octanol–water partition coefficient (Wildman–Crippen LogP) is 1.08. The van der Waals surface area contributed by atoms with Gasteiger partial charge in [0, 0.05) is 5.69 Å². The minimum absolute atomic E-state index is 0.00559. The summed E-state index contributed by atoms with van der Waals surface area (Å²) in [6.45, 7) is 3.46. The number of nitrogens with two attached hydrogens (primary N) is 1. The normalized spacial score (nSPS) is 12.1. The average molecular weight is 300 g/mol. The van der Waals surface area contributed by atoms with Gasteiger partial charge in [-0.2, -0.15) is 0 Å². The van der Waals surface area contributed by atoms with Crippen LogP contribution in [0.25, 0.3) is 0 Å². The van der Waals surface area contributed by atoms with Gasteiger partial charge in [-0.1, -0.05) is 25.4 Å². The van der Waals surface area contributed by atoms with Crippen LogP contribution in [0.4, 0.5) is 5.69 Å². The number of rotatable bonds is 5. The van der Waals surface area contributed by atoms with Crippen molar-refractivity contribution in [3.05, 3.63) is 23.2 Å². The predicted molar refractivity (Wildman–Crippen MR) is 77.6 cm³/mol. The van der Waals surface area contributed by atoms with Crippen LogP contribution in [-0.4, -0.2) is 29.5 Å². The summed E-state index contributed by atoms with van der Waals surface area (Å²) in [4.78, 5) is 23.2. The number of nitrogens with one attached hydrogen (secondary N) is 2. The zero-order chi connectivity index (χ0) is 15.3. The van der Waals surface area contributed by atoms with E-state index in [2.05, 4.69) is 10.6 Å². The van der Waals surface area contributed by atoms with Gasteiger partial charge in [0.2, 0.25) is 11.8 Å². The number of hydrogen-bond acceptors (Lipinski definition) is 4. The third-order valence-corrected chi connectivity index (χ3v) is 2.98. The Labute approximate surface area is 122 Å². The molecule has 20 heavy (non-hydrogen) atoms. The maximum absolute atomic E-state index is 11.6. The Hall–Kier alpha value is -1.79. The monoisotopic (exact) mass is 299 g/mol. The average Bonchev–Trinajstić information content (AvgIpc) is 2.39. The Morgan fingerprint density at radius 3 is 2.60 bits per heavy atom. The topological polar surface area (TPSA) is 104 Å². The van der Waals surface area contributed by atoms with E-state index >= 15 is 0 Å². The maximum Gasteiger partial charge on any atom is 0.243 e. The standard InChI is InChI=1S/C13H18ClN3O3/c1-7(2)12(15)13(20)16-6-11(19)17-8-3-4-10(18)9(14)5-8/h3-5,7,12,18H,6,15H2,1-2H3,(H,16,20)(H,17,19)/t12-/m0/s1. The second-order valence-corrected chi connectivity index (χ2v) is 5.11. The highest BCUT2D eigenvalue weighted by Crippen LogP contribution is 2.25. The zero-order valence-corrected chi connectivity index (χ0v) is 12.1. The molecule has 0 unspecified atom stereocenters. The molecule has 110 valence electrons. The molecule has 5 N–H and O–H groups in total. The van der Waals surface area contributed by atoms with E-state index < -0.39 is 11.9 Å². The lowest BCUT2D eigenvalue weighted by atomic mass is 10.1. The van der Waals surface area contributed by atoms with Crippen LogP contribution >= 0.6 is 11.6 Å². The van der Waals surface area contributed by atoms with Crippen molar-refractivity contribution < 1.29 is 14.7 Å². The first kappa shape index (κ1) is 16.3. The number of carbonyl (C=O) groups excluding carboxylic acids is 2. The summed E-state index contributed by atoms with van der Waals surface area (Å²) in [6, 6.07) is 3.63. The summed E-state index contributed by atoms with van der Waals surface area (Å²) in [5, 5.41) is 14.4. The minimum atomic E-state index is -0.647. The van der Waals surface area contributed by atoms with Crippen molar-refractivity contribution in [2.75, 3.05) is 11.9 Å². The first-order chi connectivity index (χ1) is 9.31. The Bertz CT molecular complexity index is 506. The molecule has 6 nitrogen and oxygen atoms in total. The fraction of sp³-hybridized carbons (Fsp3) is 0.385. The van der Waals surface area contributed by atoms with E-state index in [1.165, 1.54) is 18.2 Å². The van der Waals surface area contributed by atoms with Crippen molar-refractivity contribution >= 4 is 29.1 Å². The molecule has 0 spiro atoms. The summed E-state index contributed by atoms with van der Waals surface area (Å²) in [5.41, 5.74) is 6.08. The molecular formula is C13H18ClN3O3. The van der Waals surface area contributed by atoms with Crippen LogP contribution in [0.1, 0.15) is 13.8 Å². The molecule has 0 aliphatic carbocycles. The fourth-order valence-corrected chi connectivity index (χ4v) is 1.56. The highest BCUT2D eigenvalue weighted by atomic mass is 35.5. The SMILES string of the molecule is CC(C)[C@H](N)C(=O)NCC(=O)Nc1ccc(O)c(Cl)c1. The van der Waals surface area contributed by atoms with Crippen LogP contribution in [0.3, 0.4) is 0 Å². The van der Waals surface area contributed by atoms with Crippen molar-refractivity contribution in [3.8, 4) is 5.75 Å². The van der Waals surface area contributed by atoms with E-state index in [1.54, 1.807) is 0 Å². The Morgan fingerprint density at radius 1 is 1.40 bits per heavy atom. The van der Waals surface area contributed by atoms with Crippen LogP contribution in [0.5, 0.6) is 5.75 Å². The van der Waals surface area contributed by atoms with Crippen LogP contribution < -0.4 is 16.4 Å². The highest BCUT2D eigenvalue weighted by molar-refractivity contribution is 6.32. The number of hydrogen-bond donors (Lipinski definition) is 4. The number of aromatic hydroxyl groups is 1. The van der Waals surface area contributed by atoms with Gasteiger partial charge in [0.25, 0.3) is 0 Å². The van der Waals surface area contributed by atoms with Crippen molar-refractivity contribution in [1.82, 2.24) is 5.32 Å². The molecule has 0 heterocycles. The van der Waals surface area contributed by atoms with Crippen LogP contribution in [0.15, 0.2) is 18.2 Å². The molecule has 0 aliphatic heterocycles. The van der Waals surface area contributed by atoms with Gasteiger partial charge in [0.1, 0.15) is 5.75 Å². The van der Waals surface area contributed by atoms with E-state index in [4.69, 9.17) is 17.3 Å². The van der Waals surface area contributed by atoms with Crippen molar-refractivity contribution in [2.45, 2.75) is 19.9 Å². The molecule has 0 saturated heterocycles. The number of amides is 2. The largest absolute Gasteiger partial charge is 0.506 e. The molecule has 0 fully saturated rings. The fourth-order valence-electron chi connectivity index (χ4n) is 1.38. The molecule has 1 aromatic carbocycles. The van der Waals surface area contributed by atoms with Crippen molar-refractivity contribution in [3.63, 3.8) is 0 Å². The van der Waals surface area contributed by atoms with E-state index in [1.807, 2.05) is 13.8 Å². The Morgan fingerprint density at radius 2 is 2.05 bits per heavy atom. The molecule has 1 atom stereocenters. The van der Waals surface area contributed by atoms with Crippen LogP contribution in [-0.2, 0) is 9.59 Å². The van der Waals surface area contributed by atoms with E-state index in [9.17, 15) is 14.7 Å². The Kier molecular flexibility index (Phi) is 5.79. The lowest BCUT2D eigenvalue weighted by Gasteiger charge is -2.15. The second kappa shape index (κ2) is 7.12. The van der Waals surface area contributed by atoms with Gasteiger partial charge in [-0.15, -0.1) is 0 Å². The van der Waals surface area contributed by atoms with E-state index in [-0.39, 0.29) is 29.1 Å². The summed E-state index contributed by atoms with van der Waals surface area (Å²) < 4.78 is 0. The number of phenolic OH excluding ortho intramolecular Hbond substituents is 1. The quantitative estimate of drug-likeness (QED) is 0.611. The lowest BCUT2D eigenvalue weighted by molar-refractivity contribution is -0.125. The first-order valence-electron chi connectivity index (χ1n) is 6.13. The van der Waals surface area contributed by atoms with Crippen molar-refractivity contribution in [2.24, 2.45) is 11.7 Å². The van der Waals surface area contributed by atoms with Gasteiger partial charge in [0.15, 0.2) is 0 Å². The molecule has 0 aliphatic rings. The molecule has 1 rings (SSSR count). The molecule has 1 aromatic rings. The number of halogens is 1. The third kappa shape index (κ3) is 4.71. The Balaban J connectivity index is 2.48. The number of phenols is 1. The van der Waals surface area contributed by atoms with Crippen LogP contribution in [0, 0.1) is 5.92 Å². The van der Waals surface area contributed by atoms with Gasteiger partial charge in [0.05, 0.1) is 17.6 Å². The highest BCUT2D eigenvalue weighted by Gasteiger charge is 2.17. The maximum atomic E-state index is 11.6. The van der Waals surface area contributed by atoms with Gasteiger partial charge in [-0.25, -0.2) is 0 Å². The molecule has 0 aromatic heterocycles. The van der Waals surface area contributed by atoms with Gasteiger partial charge >= 0.3 is 0 Å². The molecule has 2 amide bonds. The third-order valence-electron chi connectivity index (χ3n) is 2.68.